The number of carbonyl (C=O) groups is 1. The Hall–Kier alpha value is -2.63. The molecule has 1 N–H and O–H groups in total. The summed E-state index contributed by atoms with van der Waals surface area (Å²) in [6.07, 6.45) is 1.56. The van der Waals surface area contributed by atoms with Crippen LogP contribution in [0.4, 0.5) is 0 Å². The van der Waals surface area contributed by atoms with Gasteiger partial charge >= 0.3 is 5.97 Å². The third-order valence-corrected chi connectivity index (χ3v) is 3.13. The van der Waals surface area contributed by atoms with Gasteiger partial charge in [-0.1, -0.05) is 18.2 Å². The maximum atomic E-state index is 12.3. The van der Waals surface area contributed by atoms with Crippen molar-refractivity contribution in [2.45, 2.75) is 6.54 Å². The van der Waals surface area contributed by atoms with Crippen molar-refractivity contribution >= 4 is 27.9 Å². The first kappa shape index (κ1) is 11.5. The second kappa shape index (κ2) is 3.94. The van der Waals surface area contributed by atoms with E-state index in [1.165, 1.54) is 4.57 Å². The number of aliphatic carboxylic acids is 1. The van der Waals surface area contributed by atoms with Gasteiger partial charge in [-0.05, 0) is 6.07 Å². The van der Waals surface area contributed by atoms with Crippen LogP contribution < -0.4 is 5.56 Å². The number of carboxylic acids is 1. The molecule has 0 aliphatic heterocycles. The molecule has 0 aliphatic carbocycles. The maximum Gasteiger partial charge on any atom is 0.323 e. The second-order valence-corrected chi connectivity index (χ2v) is 4.35. The van der Waals surface area contributed by atoms with Crippen LogP contribution >= 0.6 is 0 Å². The van der Waals surface area contributed by atoms with Crippen molar-refractivity contribution in [3.63, 3.8) is 0 Å². The summed E-state index contributed by atoms with van der Waals surface area (Å²) in [4.78, 5) is 27.3. The molecule has 2 aromatic heterocycles. The van der Waals surface area contributed by atoms with E-state index in [0.717, 1.165) is 10.9 Å². The normalized spacial score (nSPS) is 11.2. The van der Waals surface area contributed by atoms with E-state index in [1.54, 1.807) is 23.0 Å². The van der Waals surface area contributed by atoms with Gasteiger partial charge in [0.25, 0.3) is 5.56 Å². The summed E-state index contributed by atoms with van der Waals surface area (Å²) in [5, 5.41) is 9.76. The number of aromatic nitrogens is 3. The van der Waals surface area contributed by atoms with Crippen LogP contribution in [-0.2, 0) is 18.4 Å². The lowest BCUT2D eigenvalue weighted by atomic mass is 10.2. The van der Waals surface area contributed by atoms with E-state index in [2.05, 4.69) is 4.98 Å². The summed E-state index contributed by atoms with van der Waals surface area (Å²) in [6.45, 7) is -0.369. The Bertz CT molecular complexity index is 861. The number of fused-ring (bicyclic) bond motifs is 3. The third-order valence-electron chi connectivity index (χ3n) is 3.13. The molecule has 0 saturated heterocycles. The number of carboxylic acid groups (broad SMARTS) is 1. The summed E-state index contributed by atoms with van der Waals surface area (Å²) >= 11 is 0. The van der Waals surface area contributed by atoms with Crippen molar-refractivity contribution in [3.8, 4) is 0 Å². The first-order valence-electron chi connectivity index (χ1n) is 5.74. The van der Waals surface area contributed by atoms with Crippen molar-refractivity contribution in [1.82, 2.24) is 14.1 Å². The fourth-order valence-corrected chi connectivity index (χ4v) is 2.34. The molecular weight excluding hydrogens is 246 g/mol. The van der Waals surface area contributed by atoms with Crippen LogP contribution in [0, 0.1) is 0 Å². The molecule has 0 bridgehead atoms. The lowest BCUT2D eigenvalue weighted by Crippen LogP contribution is -2.25. The second-order valence-electron chi connectivity index (χ2n) is 4.35. The predicted molar refractivity (Wildman–Crippen MR) is 70.1 cm³/mol. The maximum absolute atomic E-state index is 12.3. The van der Waals surface area contributed by atoms with Gasteiger partial charge in [0.2, 0.25) is 0 Å². The molecule has 3 rings (SSSR count). The van der Waals surface area contributed by atoms with Crippen LogP contribution in [0.15, 0.2) is 35.4 Å². The first-order chi connectivity index (χ1) is 9.09. The number of rotatable bonds is 2. The predicted octanol–water partition coefficient (Wildman–Crippen LogP) is 0.973. The highest BCUT2D eigenvalue weighted by atomic mass is 16.4. The van der Waals surface area contributed by atoms with Crippen LogP contribution in [0.5, 0.6) is 0 Å². The Morgan fingerprint density at radius 2 is 2.11 bits per heavy atom. The van der Waals surface area contributed by atoms with Crippen molar-refractivity contribution < 1.29 is 9.90 Å². The largest absolute Gasteiger partial charge is 0.480 e. The minimum absolute atomic E-state index is 0.294. The number of benzene rings is 1. The molecule has 6 heteroatoms. The minimum Gasteiger partial charge on any atom is -0.480 e. The molecule has 2 heterocycles. The number of imidazole rings is 1. The van der Waals surface area contributed by atoms with E-state index in [1.807, 2.05) is 19.2 Å². The fraction of sp³-hybridized carbons (Fsp3) is 0.154. The van der Waals surface area contributed by atoms with Gasteiger partial charge in [-0.15, -0.1) is 0 Å². The van der Waals surface area contributed by atoms with Gasteiger partial charge in [-0.3, -0.25) is 14.2 Å². The van der Waals surface area contributed by atoms with Gasteiger partial charge in [-0.25, -0.2) is 4.98 Å². The molecule has 96 valence electrons. The smallest absolute Gasteiger partial charge is 0.323 e. The number of pyridine rings is 1. The number of para-hydroxylation sites is 1. The number of hydrogen-bond donors (Lipinski definition) is 1. The molecule has 19 heavy (non-hydrogen) atoms. The lowest BCUT2D eigenvalue weighted by Gasteiger charge is -2.09. The van der Waals surface area contributed by atoms with Crippen LogP contribution in [0.25, 0.3) is 21.9 Å². The highest BCUT2D eigenvalue weighted by Gasteiger charge is 2.15. The standard InChI is InChI=1S/C13H11N3O3/c1-15-7-14-11-12(15)8-4-2-3-5-9(8)16(13(11)19)6-10(17)18/h2-5,7H,6H2,1H3,(H,17,18). The zero-order valence-corrected chi connectivity index (χ0v) is 10.2. The topological polar surface area (TPSA) is 77.1 Å². The number of hydrogen-bond acceptors (Lipinski definition) is 3. The van der Waals surface area contributed by atoms with Gasteiger partial charge in [0.05, 0.1) is 17.4 Å². The van der Waals surface area contributed by atoms with Gasteiger partial charge in [0, 0.05) is 12.4 Å². The SMILES string of the molecule is Cn1cnc2c(=O)n(CC(=O)O)c3ccccc3c21. The highest BCUT2D eigenvalue weighted by molar-refractivity contribution is 6.02. The van der Waals surface area contributed by atoms with Crippen LogP contribution in [-0.4, -0.2) is 25.2 Å². The van der Waals surface area contributed by atoms with E-state index in [4.69, 9.17) is 5.11 Å². The van der Waals surface area contributed by atoms with Gasteiger partial charge < -0.3 is 9.67 Å². The Morgan fingerprint density at radius 3 is 2.84 bits per heavy atom. The molecule has 0 amide bonds. The summed E-state index contributed by atoms with van der Waals surface area (Å²) < 4.78 is 3.01. The van der Waals surface area contributed by atoms with Crippen molar-refractivity contribution in [3.05, 3.63) is 40.9 Å². The fourth-order valence-electron chi connectivity index (χ4n) is 2.34. The minimum atomic E-state index is -1.05. The van der Waals surface area contributed by atoms with E-state index >= 15 is 0 Å². The van der Waals surface area contributed by atoms with E-state index in [9.17, 15) is 9.59 Å². The Morgan fingerprint density at radius 1 is 1.37 bits per heavy atom. The van der Waals surface area contributed by atoms with E-state index in [0.29, 0.717) is 11.0 Å². The Labute approximate surface area is 107 Å². The quantitative estimate of drug-likeness (QED) is 0.742. The summed E-state index contributed by atoms with van der Waals surface area (Å²) in [5.41, 5.74) is 1.24. The molecule has 3 aromatic rings. The third kappa shape index (κ3) is 1.61. The Kier molecular flexibility index (Phi) is 2.38. The monoisotopic (exact) mass is 257 g/mol. The average molecular weight is 257 g/mol. The van der Waals surface area contributed by atoms with Crippen molar-refractivity contribution in [2.24, 2.45) is 7.05 Å². The van der Waals surface area contributed by atoms with Crippen molar-refractivity contribution in [2.75, 3.05) is 0 Å². The summed E-state index contributed by atoms with van der Waals surface area (Å²) in [5.74, 6) is -1.05. The molecular formula is C13H11N3O3. The highest BCUT2D eigenvalue weighted by Crippen LogP contribution is 2.21. The lowest BCUT2D eigenvalue weighted by molar-refractivity contribution is -0.137. The molecule has 6 nitrogen and oxygen atoms in total. The molecule has 0 aliphatic rings. The average Bonchev–Trinajstić information content (AvgIpc) is 2.77. The van der Waals surface area contributed by atoms with Gasteiger partial charge in [-0.2, -0.15) is 0 Å². The van der Waals surface area contributed by atoms with Crippen LogP contribution in [0.2, 0.25) is 0 Å². The summed E-state index contributed by atoms with van der Waals surface area (Å²) in [6, 6.07) is 7.23. The zero-order chi connectivity index (χ0) is 13.6. The molecule has 0 fully saturated rings. The molecule has 0 unspecified atom stereocenters. The molecule has 0 saturated carbocycles. The number of nitrogens with zero attached hydrogens (tertiary/aromatic N) is 3. The van der Waals surface area contributed by atoms with Gasteiger partial charge in [0.15, 0.2) is 5.52 Å². The molecule has 0 atom stereocenters. The molecule has 0 radical (unpaired) electrons. The van der Waals surface area contributed by atoms with E-state index in [-0.39, 0.29) is 12.1 Å². The molecule has 0 spiro atoms. The van der Waals surface area contributed by atoms with Crippen LogP contribution in [0.3, 0.4) is 0 Å². The van der Waals surface area contributed by atoms with Gasteiger partial charge in [0.1, 0.15) is 6.54 Å². The molecule has 1 aromatic carbocycles. The van der Waals surface area contributed by atoms with Crippen molar-refractivity contribution in [1.29, 1.82) is 0 Å². The Balaban J connectivity index is 2.56. The van der Waals surface area contributed by atoms with Crippen LogP contribution in [0.1, 0.15) is 0 Å². The zero-order valence-electron chi connectivity index (χ0n) is 10.2. The van der Waals surface area contributed by atoms with E-state index < -0.39 is 5.97 Å². The summed E-state index contributed by atoms with van der Waals surface area (Å²) in [7, 11) is 1.81. The number of aryl methyl sites for hydroxylation is 1. The first-order valence-corrected chi connectivity index (χ1v) is 5.74.